The van der Waals surface area contributed by atoms with Crippen molar-refractivity contribution in [1.29, 1.82) is 0 Å². The van der Waals surface area contributed by atoms with E-state index in [0.717, 1.165) is 30.9 Å². The molecular weight excluding hydrogens is 242 g/mol. The third kappa shape index (κ3) is 3.44. The molecule has 1 aliphatic rings. The summed E-state index contributed by atoms with van der Waals surface area (Å²) in [6.45, 7) is 7.15. The molecule has 19 heavy (non-hydrogen) atoms. The number of nitro benzene ring substituents is 1. The fourth-order valence-corrected chi connectivity index (χ4v) is 2.75. The van der Waals surface area contributed by atoms with E-state index >= 15 is 0 Å². The van der Waals surface area contributed by atoms with Crippen LogP contribution in [0, 0.1) is 17.0 Å². The largest absolute Gasteiger partial charge is 0.383 e. The number of likely N-dealkylation sites (tertiary alicyclic amines) is 1. The molecule has 0 spiro atoms. The number of nitrogens with zero attached hydrogens (tertiary/aromatic N) is 2. The molecule has 1 aromatic rings. The molecule has 5 heteroatoms. The first-order valence-electron chi connectivity index (χ1n) is 6.84. The van der Waals surface area contributed by atoms with Gasteiger partial charge in [-0.25, -0.2) is 0 Å². The number of nitrogens with one attached hydrogen (secondary N) is 1. The smallest absolute Gasteiger partial charge is 0.271 e. The summed E-state index contributed by atoms with van der Waals surface area (Å²) in [5.74, 6) is 0. The fourth-order valence-electron chi connectivity index (χ4n) is 2.75. The van der Waals surface area contributed by atoms with Gasteiger partial charge < -0.3 is 5.32 Å². The zero-order valence-corrected chi connectivity index (χ0v) is 11.6. The number of benzene rings is 1. The Morgan fingerprint density at radius 3 is 2.95 bits per heavy atom. The van der Waals surface area contributed by atoms with Crippen molar-refractivity contribution in [3.05, 3.63) is 33.9 Å². The SMILES string of the molecule is CCN1CCCC1CNc1cc(C)cc([N+](=O)[O-])c1. The number of likely N-dealkylation sites (N-methyl/N-ethyl adjacent to an activating group) is 1. The average molecular weight is 263 g/mol. The highest BCUT2D eigenvalue weighted by Crippen LogP contribution is 2.22. The maximum atomic E-state index is 10.8. The van der Waals surface area contributed by atoms with Crippen LogP contribution in [0.25, 0.3) is 0 Å². The minimum absolute atomic E-state index is 0.154. The maximum absolute atomic E-state index is 10.8. The van der Waals surface area contributed by atoms with Crippen LogP contribution in [0.4, 0.5) is 11.4 Å². The standard InChI is InChI=1S/C14H21N3O2/c1-3-16-6-4-5-13(16)10-15-12-7-11(2)8-14(9-12)17(18)19/h7-9,13,15H,3-6,10H2,1-2H3. The molecule has 1 aromatic carbocycles. The van der Waals surface area contributed by atoms with Crippen molar-refractivity contribution in [2.24, 2.45) is 0 Å². The number of rotatable bonds is 5. The molecule has 1 heterocycles. The van der Waals surface area contributed by atoms with E-state index in [4.69, 9.17) is 0 Å². The number of hydrogen-bond donors (Lipinski definition) is 1. The summed E-state index contributed by atoms with van der Waals surface area (Å²) in [6, 6.07) is 5.71. The Morgan fingerprint density at radius 2 is 2.26 bits per heavy atom. The van der Waals surface area contributed by atoms with Crippen LogP contribution < -0.4 is 5.32 Å². The van der Waals surface area contributed by atoms with E-state index in [1.54, 1.807) is 12.1 Å². The molecule has 1 saturated heterocycles. The van der Waals surface area contributed by atoms with Crippen molar-refractivity contribution in [3.63, 3.8) is 0 Å². The lowest BCUT2D eigenvalue weighted by Gasteiger charge is -2.23. The van der Waals surface area contributed by atoms with Gasteiger partial charge >= 0.3 is 0 Å². The summed E-state index contributed by atoms with van der Waals surface area (Å²) >= 11 is 0. The van der Waals surface area contributed by atoms with Crippen molar-refractivity contribution in [3.8, 4) is 0 Å². The normalized spacial score (nSPS) is 19.6. The number of non-ortho nitro benzene ring substituents is 1. The van der Waals surface area contributed by atoms with Crippen LogP contribution in [-0.2, 0) is 0 Å². The maximum Gasteiger partial charge on any atom is 0.271 e. The van der Waals surface area contributed by atoms with E-state index in [0.29, 0.717) is 6.04 Å². The van der Waals surface area contributed by atoms with Gasteiger partial charge in [0.15, 0.2) is 0 Å². The average Bonchev–Trinajstić information content (AvgIpc) is 2.83. The van der Waals surface area contributed by atoms with E-state index in [2.05, 4.69) is 17.1 Å². The van der Waals surface area contributed by atoms with Gasteiger partial charge in [-0.15, -0.1) is 0 Å². The minimum atomic E-state index is -0.341. The molecular formula is C14H21N3O2. The Hall–Kier alpha value is -1.62. The van der Waals surface area contributed by atoms with Gasteiger partial charge in [-0.3, -0.25) is 15.0 Å². The number of hydrogen-bond acceptors (Lipinski definition) is 4. The number of anilines is 1. The first kappa shape index (κ1) is 13.8. The van der Waals surface area contributed by atoms with E-state index < -0.39 is 0 Å². The van der Waals surface area contributed by atoms with Crippen molar-refractivity contribution in [2.45, 2.75) is 32.7 Å². The van der Waals surface area contributed by atoms with E-state index in [1.165, 1.54) is 12.8 Å². The van der Waals surface area contributed by atoms with Gasteiger partial charge in [0, 0.05) is 30.4 Å². The second-order valence-electron chi connectivity index (χ2n) is 5.12. The van der Waals surface area contributed by atoms with Crippen LogP contribution in [0.3, 0.4) is 0 Å². The summed E-state index contributed by atoms with van der Waals surface area (Å²) in [7, 11) is 0. The molecule has 0 amide bonds. The molecule has 0 radical (unpaired) electrons. The first-order valence-corrected chi connectivity index (χ1v) is 6.84. The number of aryl methyl sites for hydroxylation is 1. The highest BCUT2D eigenvalue weighted by molar-refractivity contribution is 5.53. The molecule has 1 unspecified atom stereocenters. The van der Waals surface area contributed by atoms with Crippen molar-refractivity contribution in [2.75, 3.05) is 25.0 Å². The van der Waals surface area contributed by atoms with Crippen molar-refractivity contribution >= 4 is 11.4 Å². The topological polar surface area (TPSA) is 58.4 Å². The molecule has 0 saturated carbocycles. The highest BCUT2D eigenvalue weighted by atomic mass is 16.6. The predicted molar refractivity (Wildman–Crippen MR) is 76.6 cm³/mol. The van der Waals surface area contributed by atoms with Gasteiger partial charge in [0.2, 0.25) is 0 Å². The lowest BCUT2D eigenvalue weighted by molar-refractivity contribution is -0.384. The fraction of sp³-hybridized carbons (Fsp3) is 0.571. The van der Waals surface area contributed by atoms with Crippen molar-refractivity contribution < 1.29 is 4.92 Å². The van der Waals surface area contributed by atoms with Gasteiger partial charge in [-0.05, 0) is 44.5 Å². The Morgan fingerprint density at radius 1 is 1.47 bits per heavy atom. The molecule has 1 aliphatic heterocycles. The molecule has 0 aromatic heterocycles. The second kappa shape index (κ2) is 6.02. The molecule has 1 atom stereocenters. The van der Waals surface area contributed by atoms with Crippen LogP contribution in [0.5, 0.6) is 0 Å². The van der Waals surface area contributed by atoms with Crippen LogP contribution >= 0.6 is 0 Å². The monoisotopic (exact) mass is 263 g/mol. The Labute approximate surface area is 113 Å². The molecule has 104 valence electrons. The second-order valence-corrected chi connectivity index (χ2v) is 5.12. The Balaban J connectivity index is 2.01. The van der Waals surface area contributed by atoms with Crippen LogP contribution in [0.15, 0.2) is 18.2 Å². The highest BCUT2D eigenvalue weighted by Gasteiger charge is 2.22. The van der Waals surface area contributed by atoms with Gasteiger partial charge in [-0.2, -0.15) is 0 Å². The Kier molecular flexibility index (Phi) is 4.37. The first-order chi connectivity index (χ1) is 9.10. The van der Waals surface area contributed by atoms with Gasteiger partial charge in [-0.1, -0.05) is 6.92 Å². The number of nitro groups is 1. The van der Waals surface area contributed by atoms with Crippen LogP contribution in [0.1, 0.15) is 25.3 Å². The lowest BCUT2D eigenvalue weighted by Crippen LogP contribution is -2.34. The van der Waals surface area contributed by atoms with Crippen molar-refractivity contribution in [1.82, 2.24) is 4.90 Å². The molecule has 1 N–H and O–H groups in total. The van der Waals surface area contributed by atoms with E-state index in [-0.39, 0.29) is 10.6 Å². The summed E-state index contributed by atoms with van der Waals surface area (Å²) < 4.78 is 0. The zero-order valence-electron chi connectivity index (χ0n) is 11.6. The molecule has 1 fully saturated rings. The van der Waals surface area contributed by atoms with Gasteiger partial charge in [0.25, 0.3) is 5.69 Å². The predicted octanol–water partition coefficient (Wildman–Crippen LogP) is 2.80. The van der Waals surface area contributed by atoms with Crippen LogP contribution in [-0.4, -0.2) is 35.5 Å². The lowest BCUT2D eigenvalue weighted by atomic mass is 10.1. The zero-order chi connectivity index (χ0) is 13.8. The molecule has 0 aliphatic carbocycles. The summed E-state index contributed by atoms with van der Waals surface area (Å²) in [5, 5.41) is 14.2. The van der Waals surface area contributed by atoms with E-state index in [1.807, 2.05) is 13.0 Å². The quantitative estimate of drug-likeness (QED) is 0.655. The van der Waals surface area contributed by atoms with Gasteiger partial charge in [0.1, 0.15) is 0 Å². The van der Waals surface area contributed by atoms with E-state index in [9.17, 15) is 10.1 Å². The Bertz CT molecular complexity index is 462. The molecule has 5 nitrogen and oxygen atoms in total. The molecule has 0 bridgehead atoms. The summed E-state index contributed by atoms with van der Waals surface area (Å²) in [4.78, 5) is 12.9. The summed E-state index contributed by atoms with van der Waals surface area (Å²) in [6.07, 6.45) is 2.45. The van der Waals surface area contributed by atoms with Crippen LogP contribution in [0.2, 0.25) is 0 Å². The third-order valence-corrected chi connectivity index (χ3v) is 3.72. The minimum Gasteiger partial charge on any atom is -0.383 e. The summed E-state index contributed by atoms with van der Waals surface area (Å²) in [5.41, 5.74) is 1.91. The third-order valence-electron chi connectivity index (χ3n) is 3.72. The molecule has 2 rings (SSSR count). The van der Waals surface area contributed by atoms with Gasteiger partial charge in [0.05, 0.1) is 4.92 Å².